The Balaban J connectivity index is 3.17. The molecule has 0 radical (unpaired) electrons. The molecule has 1 aromatic rings. The van der Waals surface area contributed by atoms with E-state index in [2.05, 4.69) is 9.97 Å². The molecule has 0 unspecified atom stereocenters. The zero-order valence-corrected chi connectivity index (χ0v) is 9.17. The number of aromatic nitrogens is 2. The Morgan fingerprint density at radius 2 is 1.81 bits per heavy atom. The summed E-state index contributed by atoms with van der Waals surface area (Å²) >= 11 is 0. The van der Waals surface area contributed by atoms with Crippen LogP contribution < -0.4 is 5.73 Å². The maximum absolute atomic E-state index is 12.4. The Morgan fingerprint density at radius 3 is 2.25 bits per heavy atom. The second-order valence-corrected chi connectivity index (χ2v) is 3.63. The molecule has 3 nitrogen and oxygen atoms in total. The van der Waals surface area contributed by atoms with Crippen molar-refractivity contribution in [3.05, 3.63) is 23.8 Å². The maximum Gasteiger partial charge on any atom is 0.433 e. The zero-order chi connectivity index (χ0) is 12.4. The highest BCUT2D eigenvalue weighted by molar-refractivity contribution is 5.11. The Labute approximate surface area is 91.9 Å². The van der Waals surface area contributed by atoms with Gasteiger partial charge in [-0.3, -0.25) is 0 Å². The van der Waals surface area contributed by atoms with Crippen molar-refractivity contribution in [1.82, 2.24) is 9.97 Å². The SMILES string of the molecule is CCC(N)(CC)c1nccc(C(F)(F)F)n1. The average molecular weight is 233 g/mol. The third-order valence-electron chi connectivity index (χ3n) is 2.65. The van der Waals surface area contributed by atoms with E-state index in [9.17, 15) is 13.2 Å². The minimum atomic E-state index is -4.46. The molecule has 0 saturated carbocycles. The Kier molecular flexibility index (Phi) is 3.52. The lowest BCUT2D eigenvalue weighted by Gasteiger charge is -2.25. The molecule has 16 heavy (non-hydrogen) atoms. The highest BCUT2D eigenvalue weighted by atomic mass is 19.4. The standard InChI is InChI=1S/C10H14F3N3/c1-3-9(14,4-2)8-15-6-5-7(16-8)10(11,12)13/h5-6H,3-4,14H2,1-2H3. The summed E-state index contributed by atoms with van der Waals surface area (Å²) in [6.45, 7) is 3.60. The molecular formula is C10H14F3N3. The van der Waals surface area contributed by atoms with Gasteiger partial charge in [0.05, 0.1) is 5.54 Å². The summed E-state index contributed by atoms with van der Waals surface area (Å²) in [6.07, 6.45) is -2.38. The fourth-order valence-corrected chi connectivity index (χ4v) is 1.32. The van der Waals surface area contributed by atoms with Gasteiger partial charge in [0.2, 0.25) is 0 Å². The molecule has 0 amide bonds. The molecule has 0 aliphatic heterocycles. The van der Waals surface area contributed by atoms with Crippen LogP contribution in [0.4, 0.5) is 13.2 Å². The van der Waals surface area contributed by atoms with Crippen molar-refractivity contribution in [2.24, 2.45) is 5.73 Å². The summed E-state index contributed by atoms with van der Waals surface area (Å²) in [4.78, 5) is 7.33. The van der Waals surface area contributed by atoms with Gasteiger partial charge >= 0.3 is 6.18 Å². The first-order chi connectivity index (χ1) is 7.33. The van der Waals surface area contributed by atoms with Crippen LogP contribution in [0.5, 0.6) is 0 Å². The molecule has 6 heteroatoms. The monoisotopic (exact) mass is 233 g/mol. The number of hydrogen-bond acceptors (Lipinski definition) is 3. The smallest absolute Gasteiger partial charge is 0.319 e. The predicted molar refractivity (Wildman–Crippen MR) is 53.5 cm³/mol. The van der Waals surface area contributed by atoms with Gasteiger partial charge in [0, 0.05) is 6.20 Å². The second-order valence-electron chi connectivity index (χ2n) is 3.63. The highest BCUT2D eigenvalue weighted by Crippen LogP contribution is 2.29. The lowest BCUT2D eigenvalue weighted by Crippen LogP contribution is -2.37. The number of alkyl halides is 3. The Bertz CT molecular complexity index is 359. The number of rotatable bonds is 3. The van der Waals surface area contributed by atoms with E-state index in [-0.39, 0.29) is 5.82 Å². The first-order valence-corrected chi connectivity index (χ1v) is 5.03. The van der Waals surface area contributed by atoms with E-state index >= 15 is 0 Å². The fraction of sp³-hybridized carbons (Fsp3) is 0.600. The van der Waals surface area contributed by atoms with Crippen molar-refractivity contribution in [2.45, 2.75) is 38.4 Å². The van der Waals surface area contributed by atoms with Gasteiger partial charge in [-0.1, -0.05) is 13.8 Å². The van der Waals surface area contributed by atoms with Gasteiger partial charge in [-0.15, -0.1) is 0 Å². The van der Waals surface area contributed by atoms with Crippen LogP contribution in [-0.4, -0.2) is 9.97 Å². The second kappa shape index (κ2) is 4.37. The van der Waals surface area contributed by atoms with Crippen molar-refractivity contribution in [1.29, 1.82) is 0 Å². The van der Waals surface area contributed by atoms with Crippen LogP contribution in [0, 0.1) is 0 Å². The van der Waals surface area contributed by atoms with Crippen molar-refractivity contribution < 1.29 is 13.2 Å². The van der Waals surface area contributed by atoms with Gasteiger partial charge < -0.3 is 5.73 Å². The van der Waals surface area contributed by atoms with Crippen LogP contribution >= 0.6 is 0 Å². The Hall–Kier alpha value is -1.17. The first-order valence-electron chi connectivity index (χ1n) is 5.03. The molecule has 2 N–H and O–H groups in total. The number of nitrogens with zero attached hydrogens (tertiary/aromatic N) is 2. The summed E-state index contributed by atoms with van der Waals surface area (Å²) < 4.78 is 37.3. The van der Waals surface area contributed by atoms with Crippen molar-refractivity contribution in [3.63, 3.8) is 0 Å². The van der Waals surface area contributed by atoms with E-state index in [0.29, 0.717) is 12.8 Å². The molecule has 0 atom stereocenters. The van der Waals surface area contributed by atoms with E-state index in [0.717, 1.165) is 12.3 Å². The van der Waals surface area contributed by atoms with Gasteiger partial charge in [0.1, 0.15) is 11.5 Å². The quantitative estimate of drug-likeness (QED) is 0.872. The molecule has 1 rings (SSSR count). The van der Waals surface area contributed by atoms with Gasteiger partial charge in [0.15, 0.2) is 0 Å². The van der Waals surface area contributed by atoms with E-state index in [1.54, 1.807) is 13.8 Å². The maximum atomic E-state index is 12.4. The summed E-state index contributed by atoms with van der Waals surface area (Å²) in [5.74, 6) is 0.0484. The Morgan fingerprint density at radius 1 is 1.25 bits per heavy atom. The molecule has 0 spiro atoms. The summed E-state index contributed by atoms with van der Waals surface area (Å²) in [5.41, 5.74) is 4.10. The molecule has 0 aliphatic rings. The van der Waals surface area contributed by atoms with Gasteiger partial charge in [-0.25, -0.2) is 9.97 Å². The predicted octanol–water partition coefficient (Wildman–Crippen LogP) is 2.47. The van der Waals surface area contributed by atoms with Crippen LogP contribution in [-0.2, 0) is 11.7 Å². The molecule has 0 aliphatic carbocycles. The topological polar surface area (TPSA) is 51.8 Å². The highest BCUT2D eigenvalue weighted by Gasteiger charge is 2.35. The molecule has 0 aromatic carbocycles. The molecule has 1 heterocycles. The van der Waals surface area contributed by atoms with Crippen molar-refractivity contribution in [3.8, 4) is 0 Å². The van der Waals surface area contributed by atoms with Crippen molar-refractivity contribution in [2.75, 3.05) is 0 Å². The zero-order valence-electron chi connectivity index (χ0n) is 9.17. The third kappa shape index (κ3) is 2.49. The van der Waals surface area contributed by atoms with Gasteiger partial charge in [-0.05, 0) is 18.9 Å². The van der Waals surface area contributed by atoms with E-state index < -0.39 is 17.4 Å². The normalized spacial score (nSPS) is 12.9. The lowest BCUT2D eigenvalue weighted by atomic mass is 9.93. The van der Waals surface area contributed by atoms with Crippen LogP contribution in [0.25, 0.3) is 0 Å². The molecule has 0 saturated heterocycles. The van der Waals surface area contributed by atoms with Crippen LogP contribution in [0.15, 0.2) is 12.3 Å². The molecule has 0 fully saturated rings. The average Bonchev–Trinajstić information content (AvgIpc) is 2.27. The third-order valence-corrected chi connectivity index (χ3v) is 2.65. The van der Waals surface area contributed by atoms with Crippen LogP contribution in [0.1, 0.15) is 38.2 Å². The largest absolute Gasteiger partial charge is 0.433 e. The number of nitrogens with two attached hydrogens (primary N) is 1. The minimum Gasteiger partial charge on any atom is -0.319 e. The summed E-state index contributed by atoms with van der Waals surface area (Å²) in [6, 6.07) is 0.842. The minimum absolute atomic E-state index is 0.0484. The van der Waals surface area contributed by atoms with Crippen LogP contribution in [0.3, 0.4) is 0 Å². The number of hydrogen-bond donors (Lipinski definition) is 1. The molecule has 90 valence electrons. The van der Waals surface area contributed by atoms with E-state index in [4.69, 9.17) is 5.73 Å². The number of halogens is 3. The molecular weight excluding hydrogens is 219 g/mol. The van der Waals surface area contributed by atoms with E-state index in [1.807, 2.05) is 0 Å². The van der Waals surface area contributed by atoms with Gasteiger partial charge in [-0.2, -0.15) is 13.2 Å². The molecule has 1 aromatic heterocycles. The van der Waals surface area contributed by atoms with Crippen LogP contribution in [0.2, 0.25) is 0 Å². The van der Waals surface area contributed by atoms with Gasteiger partial charge in [0.25, 0.3) is 0 Å². The fourth-order valence-electron chi connectivity index (χ4n) is 1.32. The van der Waals surface area contributed by atoms with E-state index in [1.165, 1.54) is 0 Å². The first kappa shape index (κ1) is 12.9. The lowest BCUT2D eigenvalue weighted by molar-refractivity contribution is -0.141. The summed E-state index contributed by atoms with van der Waals surface area (Å²) in [7, 11) is 0. The molecule has 0 bridgehead atoms. The van der Waals surface area contributed by atoms with Crippen molar-refractivity contribution >= 4 is 0 Å². The summed E-state index contributed by atoms with van der Waals surface area (Å²) in [5, 5.41) is 0.